The van der Waals surface area contributed by atoms with Crippen LogP contribution in [0.15, 0.2) is 60.9 Å². The average Bonchev–Trinajstić information content (AvgIpc) is 3.41. The zero-order valence-corrected chi connectivity index (χ0v) is 23.1. The molecule has 4 aromatic rings. The van der Waals surface area contributed by atoms with Crippen LogP contribution in [0.25, 0.3) is 33.3 Å². The molecule has 0 aliphatic carbocycles. The van der Waals surface area contributed by atoms with E-state index >= 15 is 0 Å². The number of amides is 1. The van der Waals surface area contributed by atoms with Crippen molar-refractivity contribution < 1.29 is 9.53 Å². The first kappa shape index (κ1) is 25.6. The molecule has 2 saturated heterocycles. The normalized spacial score (nSPS) is 17.1. The van der Waals surface area contributed by atoms with E-state index in [0.29, 0.717) is 5.56 Å². The van der Waals surface area contributed by atoms with Crippen LogP contribution in [0, 0.1) is 6.92 Å². The number of rotatable bonds is 5. The maximum Gasteiger partial charge on any atom is 0.253 e. The molecule has 7 heteroatoms. The molecule has 0 saturated carbocycles. The predicted molar refractivity (Wildman–Crippen MR) is 157 cm³/mol. The molecule has 0 radical (unpaired) electrons. The molecule has 7 nitrogen and oxygen atoms in total. The third-order valence-electron chi connectivity index (χ3n) is 8.41. The Hall–Kier alpha value is -3.68. The topological polar surface area (TPSA) is 64.7 Å². The molecular formula is C32H37N5O2. The Morgan fingerprint density at radius 1 is 0.974 bits per heavy atom. The summed E-state index contributed by atoms with van der Waals surface area (Å²) in [6, 6.07) is 17.1. The summed E-state index contributed by atoms with van der Waals surface area (Å²) in [6.45, 7) is 7.96. The fraction of sp³-hybridized carbons (Fsp3) is 0.375. The van der Waals surface area contributed by atoms with Crippen molar-refractivity contribution in [2.45, 2.75) is 25.8 Å². The van der Waals surface area contributed by atoms with Crippen LogP contribution in [0.2, 0.25) is 0 Å². The van der Waals surface area contributed by atoms with E-state index in [4.69, 9.17) is 9.72 Å². The van der Waals surface area contributed by atoms with Crippen molar-refractivity contribution in [3.05, 3.63) is 72.1 Å². The van der Waals surface area contributed by atoms with Crippen molar-refractivity contribution in [2.24, 2.45) is 0 Å². The van der Waals surface area contributed by atoms with Gasteiger partial charge in [-0.3, -0.25) is 4.79 Å². The highest BCUT2D eigenvalue weighted by Crippen LogP contribution is 2.33. The van der Waals surface area contributed by atoms with Crippen LogP contribution in [0.3, 0.4) is 0 Å². The zero-order chi connectivity index (χ0) is 26.9. The summed E-state index contributed by atoms with van der Waals surface area (Å²) in [5.41, 5.74) is 8.60. The van der Waals surface area contributed by atoms with E-state index in [1.807, 2.05) is 48.6 Å². The molecule has 0 spiro atoms. The largest absolute Gasteiger partial charge is 0.381 e. The van der Waals surface area contributed by atoms with Gasteiger partial charge < -0.3 is 24.4 Å². The quantitative estimate of drug-likeness (QED) is 0.389. The second-order valence-corrected chi connectivity index (χ2v) is 11.0. The van der Waals surface area contributed by atoms with E-state index in [0.717, 1.165) is 80.0 Å². The number of carbonyl (C=O) groups excluding carboxylic acids is 1. The lowest BCUT2D eigenvalue weighted by molar-refractivity contribution is 0.0362. The molecular weight excluding hydrogens is 486 g/mol. The summed E-state index contributed by atoms with van der Waals surface area (Å²) < 4.78 is 5.45. The monoisotopic (exact) mass is 523 g/mol. The Balaban J connectivity index is 1.24. The summed E-state index contributed by atoms with van der Waals surface area (Å²) in [5.74, 6) is 0.0618. The van der Waals surface area contributed by atoms with E-state index in [-0.39, 0.29) is 11.9 Å². The number of pyridine rings is 1. The summed E-state index contributed by atoms with van der Waals surface area (Å²) in [5, 5.41) is 1.08. The minimum Gasteiger partial charge on any atom is -0.381 e. The Morgan fingerprint density at radius 2 is 1.69 bits per heavy atom. The van der Waals surface area contributed by atoms with Crippen molar-refractivity contribution >= 4 is 22.6 Å². The molecule has 2 aromatic heterocycles. The van der Waals surface area contributed by atoms with Crippen LogP contribution >= 0.6 is 0 Å². The number of hydrogen-bond acceptors (Lipinski definition) is 5. The Kier molecular flexibility index (Phi) is 7.11. The number of piperazine rings is 1. The Labute approximate surface area is 230 Å². The standard InChI is InChI=1S/C32H37N5O2/c1-22-18-25(8-9-30(22)37-14-12-35(2)13-15-37)26-19-28-29(21-34-31(28)33-20-26)23-4-6-24(7-5-23)32(38)36(3)27-10-16-39-17-11-27/h4-9,18-21,27H,10-17H2,1-3H3,(H,33,34). The van der Waals surface area contributed by atoms with Crippen LogP contribution < -0.4 is 4.90 Å². The average molecular weight is 524 g/mol. The van der Waals surface area contributed by atoms with Crippen LogP contribution in [-0.4, -0.2) is 85.2 Å². The van der Waals surface area contributed by atoms with Gasteiger partial charge in [0.15, 0.2) is 0 Å². The number of ether oxygens (including phenoxy) is 1. The van der Waals surface area contributed by atoms with Gasteiger partial charge in [-0.1, -0.05) is 18.2 Å². The summed E-state index contributed by atoms with van der Waals surface area (Å²) in [4.78, 5) is 27.9. The van der Waals surface area contributed by atoms with E-state index in [1.165, 1.54) is 16.8 Å². The molecule has 39 heavy (non-hydrogen) atoms. The fourth-order valence-electron chi connectivity index (χ4n) is 5.87. The molecule has 2 aliphatic heterocycles. The zero-order valence-electron chi connectivity index (χ0n) is 23.1. The number of nitrogens with zero attached hydrogens (tertiary/aromatic N) is 4. The lowest BCUT2D eigenvalue weighted by Gasteiger charge is -2.35. The lowest BCUT2D eigenvalue weighted by Crippen LogP contribution is -2.44. The van der Waals surface area contributed by atoms with Crippen molar-refractivity contribution in [3.63, 3.8) is 0 Å². The van der Waals surface area contributed by atoms with Crippen molar-refractivity contribution in [3.8, 4) is 22.3 Å². The number of aromatic amines is 1. The molecule has 0 atom stereocenters. The third-order valence-corrected chi connectivity index (χ3v) is 8.41. The van der Waals surface area contributed by atoms with Crippen LogP contribution in [0.4, 0.5) is 5.69 Å². The highest BCUT2D eigenvalue weighted by molar-refractivity contribution is 5.98. The maximum absolute atomic E-state index is 13.1. The number of likely N-dealkylation sites (N-methyl/N-ethyl adjacent to an activating group) is 1. The molecule has 1 amide bonds. The van der Waals surface area contributed by atoms with Crippen LogP contribution in [0.5, 0.6) is 0 Å². The number of fused-ring (bicyclic) bond motifs is 1. The lowest BCUT2D eigenvalue weighted by atomic mass is 9.99. The number of aryl methyl sites for hydroxylation is 1. The third kappa shape index (κ3) is 5.16. The minimum absolute atomic E-state index is 0.0618. The molecule has 1 N–H and O–H groups in total. The number of H-pyrrole nitrogens is 1. The number of nitrogens with one attached hydrogen (secondary N) is 1. The molecule has 202 valence electrons. The summed E-state index contributed by atoms with van der Waals surface area (Å²) in [7, 11) is 4.09. The van der Waals surface area contributed by atoms with Crippen molar-refractivity contribution in [1.29, 1.82) is 0 Å². The Morgan fingerprint density at radius 3 is 2.41 bits per heavy atom. The fourth-order valence-corrected chi connectivity index (χ4v) is 5.87. The SMILES string of the molecule is Cc1cc(-c2cnc3[nH]cc(-c4ccc(C(=O)N(C)C5CCOCC5)cc4)c3c2)ccc1N1CCN(C)CC1. The smallest absolute Gasteiger partial charge is 0.253 e. The van der Waals surface area contributed by atoms with Gasteiger partial charge >= 0.3 is 0 Å². The first-order valence-corrected chi connectivity index (χ1v) is 13.9. The van der Waals surface area contributed by atoms with Crippen LogP contribution in [-0.2, 0) is 4.74 Å². The van der Waals surface area contributed by atoms with Gasteiger partial charge in [-0.15, -0.1) is 0 Å². The van der Waals surface area contributed by atoms with Gasteiger partial charge in [0.2, 0.25) is 0 Å². The van der Waals surface area contributed by atoms with Gasteiger partial charge in [0.05, 0.1) is 0 Å². The highest BCUT2D eigenvalue weighted by atomic mass is 16.5. The Bertz CT molecular complexity index is 1460. The predicted octanol–water partition coefficient (Wildman–Crippen LogP) is 5.21. The van der Waals surface area contributed by atoms with Gasteiger partial charge in [0, 0.05) is 92.6 Å². The van der Waals surface area contributed by atoms with Gasteiger partial charge in [-0.25, -0.2) is 4.98 Å². The molecule has 2 fully saturated rings. The number of hydrogen-bond donors (Lipinski definition) is 1. The summed E-state index contributed by atoms with van der Waals surface area (Å²) in [6.07, 6.45) is 5.74. The van der Waals surface area contributed by atoms with Gasteiger partial charge in [0.1, 0.15) is 5.65 Å². The number of aromatic nitrogens is 2. The molecule has 6 rings (SSSR count). The van der Waals surface area contributed by atoms with Gasteiger partial charge in [-0.2, -0.15) is 0 Å². The number of benzene rings is 2. The van der Waals surface area contributed by atoms with Gasteiger partial charge in [0.25, 0.3) is 5.91 Å². The molecule has 4 heterocycles. The molecule has 0 unspecified atom stereocenters. The first-order valence-electron chi connectivity index (χ1n) is 13.9. The highest BCUT2D eigenvalue weighted by Gasteiger charge is 2.23. The number of anilines is 1. The summed E-state index contributed by atoms with van der Waals surface area (Å²) >= 11 is 0. The molecule has 2 aliphatic rings. The second kappa shape index (κ2) is 10.8. The minimum atomic E-state index is 0.0618. The van der Waals surface area contributed by atoms with E-state index in [2.05, 4.69) is 53.0 Å². The van der Waals surface area contributed by atoms with E-state index in [9.17, 15) is 4.79 Å². The van der Waals surface area contributed by atoms with Crippen molar-refractivity contribution in [1.82, 2.24) is 19.8 Å². The molecule has 0 bridgehead atoms. The second-order valence-electron chi connectivity index (χ2n) is 11.0. The van der Waals surface area contributed by atoms with E-state index < -0.39 is 0 Å². The number of carbonyl (C=O) groups is 1. The molecule has 2 aromatic carbocycles. The van der Waals surface area contributed by atoms with Crippen molar-refractivity contribution in [2.75, 3.05) is 58.4 Å². The van der Waals surface area contributed by atoms with Crippen LogP contribution in [0.1, 0.15) is 28.8 Å². The maximum atomic E-state index is 13.1. The van der Waals surface area contributed by atoms with Gasteiger partial charge in [-0.05, 0) is 73.8 Å². The first-order chi connectivity index (χ1) is 19.0. The van der Waals surface area contributed by atoms with E-state index in [1.54, 1.807) is 0 Å².